The molecule has 0 aromatic carbocycles. The summed E-state index contributed by atoms with van der Waals surface area (Å²) < 4.78 is 5.24. The Hall–Kier alpha value is -1.30. The number of urea groups is 1. The number of amides is 2. The summed E-state index contributed by atoms with van der Waals surface area (Å²) in [5.74, 6) is -0.711. The van der Waals surface area contributed by atoms with Crippen molar-refractivity contribution >= 4 is 12.0 Å². The smallest absolute Gasteiger partial charge is 0.314 e. The number of aliphatic carboxylic acids is 1. The van der Waals surface area contributed by atoms with Crippen LogP contribution >= 0.6 is 0 Å². The van der Waals surface area contributed by atoms with E-state index >= 15 is 0 Å². The van der Waals surface area contributed by atoms with Gasteiger partial charge in [0.1, 0.15) is 0 Å². The molecule has 0 saturated carbocycles. The molecule has 0 spiro atoms. The first kappa shape index (κ1) is 14.8. The zero-order valence-corrected chi connectivity index (χ0v) is 10.8. The molecule has 2 amide bonds. The number of carboxylic acid groups (broad SMARTS) is 1. The summed E-state index contributed by atoms with van der Waals surface area (Å²) in [6, 6.07) is -0.230. The number of hydrogen-bond donors (Lipinski definition) is 3. The van der Waals surface area contributed by atoms with Gasteiger partial charge in [-0.15, -0.1) is 0 Å². The third-order valence-electron chi connectivity index (χ3n) is 3.15. The van der Waals surface area contributed by atoms with Gasteiger partial charge in [0.15, 0.2) is 0 Å². The lowest BCUT2D eigenvalue weighted by atomic mass is 10.1. The molecule has 1 fully saturated rings. The van der Waals surface area contributed by atoms with Crippen LogP contribution in [0.2, 0.25) is 0 Å². The molecule has 1 aliphatic heterocycles. The third kappa shape index (κ3) is 5.86. The molecule has 104 valence electrons. The van der Waals surface area contributed by atoms with Crippen molar-refractivity contribution in [2.75, 3.05) is 26.3 Å². The maximum Gasteiger partial charge on any atom is 0.314 e. The molecule has 1 aliphatic rings. The molecular weight excluding hydrogens is 236 g/mol. The number of carbonyl (C=O) groups is 2. The highest BCUT2D eigenvalue weighted by Crippen LogP contribution is 2.14. The van der Waals surface area contributed by atoms with Gasteiger partial charge in [0.25, 0.3) is 0 Å². The summed E-state index contributed by atoms with van der Waals surface area (Å²) in [5, 5.41) is 14.1. The highest BCUT2D eigenvalue weighted by molar-refractivity contribution is 5.74. The maximum absolute atomic E-state index is 11.4. The van der Waals surface area contributed by atoms with Crippen LogP contribution in [0.5, 0.6) is 0 Å². The van der Waals surface area contributed by atoms with Gasteiger partial charge in [-0.3, -0.25) is 4.79 Å². The van der Waals surface area contributed by atoms with Crippen LogP contribution in [0.4, 0.5) is 4.79 Å². The van der Waals surface area contributed by atoms with Crippen LogP contribution < -0.4 is 10.6 Å². The van der Waals surface area contributed by atoms with Gasteiger partial charge in [-0.1, -0.05) is 6.92 Å². The zero-order chi connectivity index (χ0) is 13.4. The number of nitrogens with one attached hydrogen (secondary N) is 2. The number of rotatable bonds is 7. The molecule has 6 nitrogen and oxygen atoms in total. The average molecular weight is 258 g/mol. The second kappa shape index (κ2) is 7.92. The van der Waals surface area contributed by atoms with E-state index in [-0.39, 0.29) is 6.03 Å². The minimum Gasteiger partial charge on any atom is -0.481 e. The molecule has 3 N–H and O–H groups in total. The van der Waals surface area contributed by atoms with Gasteiger partial charge in [0.05, 0.1) is 5.92 Å². The van der Waals surface area contributed by atoms with Gasteiger partial charge >= 0.3 is 12.0 Å². The molecule has 2 unspecified atom stereocenters. The summed E-state index contributed by atoms with van der Waals surface area (Å²) in [6.07, 6.45) is 2.44. The van der Waals surface area contributed by atoms with E-state index < -0.39 is 11.9 Å². The van der Waals surface area contributed by atoms with Crippen molar-refractivity contribution in [2.45, 2.75) is 26.2 Å². The highest BCUT2D eigenvalue weighted by Gasteiger charge is 2.15. The largest absolute Gasteiger partial charge is 0.481 e. The number of hydrogen-bond acceptors (Lipinski definition) is 3. The lowest BCUT2D eigenvalue weighted by Crippen LogP contribution is -2.37. The van der Waals surface area contributed by atoms with E-state index in [1.54, 1.807) is 6.92 Å². The van der Waals surface area contributed by atoms with Crippen LogP contribution in [-0.4, -0.2) is 43.4 Å². The van der Waals surface area contributed by atoms with E-state index in [4.69, 9.17) is 9.84 Å². The number of carboxylic acids is 1. The molecule has 1 heterocycles. The van der Waals surface area contributed by atoms with Crippen LogP contribution in [-0.2, 0) is 9.53 Å². The fourth-order valence-corrected chi connectivity index (χ4v) is 1.79. The lowest BCUT2D eigenvalue weighted by Gasteiger charge is -2.11. The van der Waals surface area contributed by atoms with E-state index in [0.29, 0.717) is 25.4 Å². The van der Waals surface area contributed by atoms with Crippen molar-refractivity contribution in [3.8, 4) is 0 Å². The minimum absolute atomic E-state index is 0.230. The third-order valence-corrected chi connectivity index (χ3v) is 3.15. The van der Waals surface area contributed by atoms with Crippen molar-refractivity contribution in [3.05, 3.63) is 0 Å². The summed E-state index contributed by atoms with van der Waals surface area (Å²) in [5.41, 5.74) is 0. The molecule has 18 heavy (non-hydrogen) atoms. The average Bonchev–Trinajstić information content (AvgIpc) is 2.81. The Morgan fingerprint density at radius 2 is 2.11 bits per heavy atom. The van der Waals surface area contributed by atoms with Crippen molar-refractivity contribution in [2.24, 2.45) is 11.8 Å². The van der Waals surface area contributed by atoms with Gasteiger partial charge in [-0.05, 0) is 25.2 Å². The SMILES string of the molecule is CC(CCNC(=O)NCCC1CCOC1)C(=O)O. The molecule has 1 saturated heterocycles. The minimum atomic E-state index is -0.835. The quantitative estimate of drug-likeness (QED) is 0.631. The number of carbonyl (C=O) groups excluding carboxylic acids is 1. The predicted molar refractivity (Wildman–Crippen MR) is 66.4 cm³/mol. The molecule has 1 rings (SSSR count). The van der Waals surface area contributed by atoms with E-state index in [1.807, 2.05) is 0 Å². The van der Waals surface area contributed by atoms with Gasteiger partial charge in [-0.25, -0.2) is 4.79 Å². The zero-order valence-electron chi connectivity index (χ0n) is 10.8. The molecule has 0 aliphatic carbocycles. The van der Waals surface area contributed by atoms with Crippen molar-refractivity contribution < 1.29 is 19.4 Å². The van der Waals surface area contributed by atoms with Crippen LogP contribution in [0, 0.1) is 11.8 Å². The van der Waals surface area contributed by atoms with Gasteiger partial charge in [-0.2, -0.15) is 0 Å². The monoisotopic (exact) mass is 258 g/mol. The van der Waals surface area contributed by atoms with Gasteiger partial charge in [0, 0.05) is 26.3 Å². The summed E-state index contributed by atoms with van der Waals surface area (Å²) in [6.45, 7) is 4.26. The molecule has 6 heteroatoms. The van der Waals surface area contributed by atoms with Gasteiger partial charge in [0.2, 0.25) is 0 Å². The van der Waals surface area contributed by atoms with Crippen LogP contribution in [0.3, 0.4) is 0 Å². The second-order valence-electron chi connectivity index (χ2n) is 4.73. The lowest BCUT2D eigenvalue weighted by molar-refractivity contribution is -0.141. The van der Waals surface area contributed by atoms with Crippen molar-refractivity contribution in [3.63, 3.8) is 0 Å². The summed E-state index contributed by atoms with van der Waals surface area (Å²) in [7, 11) is 0. The predicted octanol–water partition coefficient (Wildman–Crippen LogP) is 0.823. The van der Waals surface area contributed by atoms with Crippen LogP contribution in [0.1, 0.15) is 26.2 Å². The Kier molecular flexibility index (Phi) is 6.49. The fraction of sp³-hybridized carbons (Fsp3) is 0.833. The van der Waals surface area contributed by atoms with E-state index in [9.17, 15) is 9.59 Å². The van der Waals surface area contributed by atoms with E-state index in [1.165, 1.54) is 0 Å². The Morgan fingerprint density at radius 3 is 2.72 bits per heavy atom. The first-order valence-corrected chi connectivity index (χ1v) is 6.42. The Balaban J connectivity index is 1.98. The normalized spacial score (nSPS) is 20.4. The molecule has 2 atom stereocenters. The molecular formula is C12H22N2O4. The Labute approximate surface area is 107 Å². The molecule has 0 aromatic rings. The summed E-state index contributed by atoms with van der Waals surface area (Å²) in [4.78, 5) is 21.9. The fourth-order valence-electron chi connectivity index (χ4n) is 1.79. The van der Waals surface area contributed by atoms with Crippen LogP contribution in [0.25, 0.3) is 0 Å². The Morgan fingerprint density at radius 1 is 1.39 bits per heavy atom. The van der Waals surface area contributed by atoms with E-state index in [0.717, 1.165) is 26.1 Å². The molecule has 0 radical (unpaired) electrons. The second-order valence-corrected chi connectivity index (χ2v) is 4.73. The first-order chi connectivity index (χ1) is 8.59. The van der Waals surface area contributed by atoms with Crippen molar-refractivity contribution in [1.29, 1.82) is 0 Å². The number of ether oxygens (including phenoxy) is 1. The van der Waals surface area contributed by atoms with E-state index in [2.05, 4.69) is 10.6 Å². The Bertz CT molecular complexity index is 277. The topological polar surface area (TPSA) is 87.7 Å². The summed E-state index contributed by atoms with van der Waals surface area (Å²) >= 11 is 0. The van der Waals surface area contributed by atoms with Crippen molar-refractivity contribution in [1.82, 2.24) is 10.6 Å². The standard InChI is InChI=1S/C12H22N2O4/c1-9(11(15)16)2-5-13-12(17)14-6-3-10-4-7-18-8-10/h9-10H,2-8H2,1H3,(H,15,16)(H2,13,14,17). The molecule has 0 aromatic heterocycles. The molecule has 0 bridgehead atoms. The van der Waals surface area contributed by atoms with Gasteiger partial charge < -0.3 is 20.5 Å². The highest BCUT2D eigenvalue weighted by atomic mass is 16.5. The first-order valence-electron chi connectivity index (χ1n) is 6.42. The maximum atomic E-state index is 11.4. The van der Waals surface area contributed by atoms with Crippen LogP contribution in [0.15, 0.2) is 0 Å².